The van der Waals surface area contributed by atoms with E-state index in [-0.39, 0.29) is 23.5 Å². The van der Waals surface area contributed by atoms with Crippen LogP contribution in [0.2, 0.25) is 0 Å². The summed E-state index contributed by atoms with van der Waals surface area (Å²) in [4.78, 5) is 33.8. The molecule has 27 heavy (non-hydrogen) atoms. The smallest absolute Gasteiger partial charge is 0.339 e. The molecule has 5 heteroatoms. The third-order valence-corrected chi connectivity index (χ3v) is 3.31. The van der Waals surface area contributed by atoms with Crippen molar-refractivity contribution in [3.8, 4) is 0 Å². The highest BCUT2D eigenvalue weighted by Crippen LogP contribution is 2.13. The van der Waals surface area contributed by atoms with E-state index in [1.165, 1.54) is 13.8 Å². The van der Waals surface area contributed by atoms with Gasteiger partial charge < -0.3 is 14.3 Å². The minimum atomic E-state index is -0.531. The standard InChI is InChI=1S/C19H20O4.C3H6O/c1-2-3-13-22-18(20)16-11-7-8-12-17(16)19(21)23-14-15-9-5-4-6-10-15;1-3(2)4/h4-12H,2-3,13-14H2,1H3;1-2H3. The number of benzene rings is 2. The van der Waals surface area contributed by atoms with E-state index < -0.39 is 11.9 Å². The van der Waals surface area contributed by atoms with Crippen molar-refractivity contribution in [2.24, 2.45) is 0 Å². The van der Waals surface area contributed by atoms with Crippen LogP contribution in [0.5, 0.6) is 0 Å². The summed E-state index contributed by atoms with van der Waals surface area (Å²) in [5.41, 5.74) is 1.36. The van der Waals surface area contributed by atoms with E-state index in [1.54, 1.807) is 24.3 Å². The molecule has 2 aromatic carbocycles. The Morgan fingerprint density at radius 3 is 1.78 bits per heavy atom. The molecule has 0 N–H and O–H groups in total. The van der Waals surface area contributed by atoms with Crippen molar-refractivity contribution in [2.75, 3.05) is 6.61 Å². The van der Waals surface area contributed by atoms with E-state index in [0.29, 0.717) is 6.61 Å². The molecular formula is C22H26O5. The highest BCUT2D eigenvalue weighted by atomic mass is 16.5. The van der Waals surface area contributed by atoms with Crippen LogP contribution in [0.1, 0.15) is 59.9 Å². The first-order valence-corrected chi connectivity index (χ1v) is 8.90. The predicted molar refractivity (Wildman–Crippen MR) is 104 cm³/mol. The lowest BCUT2D eigenvalue weighted by atomic mass is 10.1. The number of unbranched alkanes of at least 4 members (excludes halogenated alkanes) is 1. The van der Waals surface area contributed by atoms with E-state index in [4.69, 9.17) is 9.47 Å². The number of esters is 2. The minimum absolute atomic E-state index is 0.166. The average Bonchev–Trinajstić information content (AvgIpc) is 2.66. The molecule has 0 aromatic heterocycles. The quantitative estimate of drug-likeness (QED) is 0.526. The van der Waals surface area contributed by atoms with Crippen LogP contribution in [0.15, 0.2) is 54.6 Å². The molecule has 0 saturated heterocycles. The van der Waals surface area contributed by atoms with Gasteiger partial charge in [0.25, 0.3) is 0 Å². The predicted octanol–water partition coefficient (Wildman–Crippen LogP) is 4.60. The summed E-state index contributed by atoms with van der Waals surface area (Å²) >= 11 is 0. The van der Waals surface area contributed by atoms with Crippen LogP contribution in [0.4, 0.5) is 0 Å². The summed E-state index contributed by atoms with van der Waals surface area (Å²) < 4.78 is 10.5. The molecule has 0 amide bonds. The first-order chi connectivity index (χ1) is 13.0. The molecule has 2 rings (SSSR count). The number of rotatable bonds is 7. The highest BCUT2D eigenvalue weighted by molar-refractivity contribution is 6.03. The topological polar surface area (TPSA) is 69.7 Å². The van der Waals surface area contributed by atoms with Crippen molar-refractivity contribution < 1.29 is 23.9 Å². The Bertz CT molecular complexity index is 733. The summed E-state index contributed by atoms with van der Waals surface area (Å²) in [6, 6.07) is 15.9. The van der Waals surface area contributed by atoms with Crippen molar-refractivity contribution in [1.82, 2.24) is 0 Å². The zero-order chi connectivity index (χ0) is 20.1. The van der Waals surface area contributed by atoms with Crippen LogP contribution in [0.3, 0.4) is 0 Å². The summed E-state index contributed by atoms with van der Waals surface area (Å²) in [7, 11) is 0. The molecule has 0 aliphatic heterocycles. The monoisotopic (exact) mass is 370 g/mol. The van der Waals surface area contributed by atoms with Gasteiger partial charge in [0, 0.05) is 0 Å². The third-order valence-electron chi connectivity index (χ3n) is 3.31. The van der Waals surface area contributed by atoms with E-state index in [9.17, 15) is 14.4 Å². The number of ketones is 1. The third kappa shape index (κ3) is 8.81. The molecular weight excluding hydrogens is 344 g/mol. The van der Waals surface area contributed by atoms with Gasteiger partial charge in [-0.15, -0.1) is 0 Å². The van der Waals surface area contributed by atoms with Gasteiger partial charge >= 0.3 is 11.9 Å². The Morgan fingerprint density at radius 2 is 1.26 bits per heavy atom. The van der Waals surface area contributed by atoms with Crippen LogP contribution < -0.4 is 0 Å². The van der Waals surface area contributed by atoms with E-state index in [0.717, 1.165) is 18.4 Å². The van der Waals surface area contributed by atoms with Gasteiger partial charge in [0.2, 0.25) is 0 Å². The molecule has 0 aliphatic rings. The fourth-order valence-electron chi connectivity index (χ4n) is 2.03. The SMILES string of the molecule is CC(C)=O.CCCCOC(=O)c1ccccc1C(=O)OCc1ccccc1. The van der Waals surface area contributed by atoms with Crippen LogP contribution >= 0.6 is 0 Å². The number of Topliss-reactive ketones (excluding diaryl/α,β-unsaturated/α-hetero) is 1. The molecule has 144 valence electrons. The van der Waals surface area contributed by atoms with Crippen molar-refractivity contribution in [1.29, 1.82) is 0 Å². The molecule has 0 bridgehead atoms. The Kier molecular flexibility index (Phi) is 10.2. The van der Waals surface area contributed by atoms with E-state index in [1.807, 2.05) is 37.3 Å². The molecule has 0 aliphatic carbocycles. The largest absolute Gasteiger partial charge is 0.462 e. The average molecular weight is 370 g/mol. The highest BCUT2D eigenvalue weighted by Gasteiger charge is 2.18. The lowest BCUT2D eigenvalue weighted by molar-refractivity contribution is -0.115. The summed E-state index contributed by atoms with van der Waals surface area (Å²) in [6.07, 6.45) is 1.74. The molecule has 0 saturated carbocycles. The lowest BCUT2D eigenvalue weighted by Gasteiger charge is -2.09. The number of hydrogen-bond donors (Lipinski definition) is 0. The maximum atomic E-state index is 12.2. The fourth-order valence-corrected chi connectivity index (χ4v) is 2.03. The number of carbonyl (C=O) groups is 3. The van der Waals surface area contributed by atoms with Crippen molar-refractivity contribution >= 4 is 17.7 Å². The maximum absolute atomic E-state index is 12.2. The molecule has 0 fully saturated rings. The number of ether oxygens (including phenoxy) is 2. The van der Waals surface area contributed by atoms with Gasteiger partial charge in [-0.3, -0.25) is 0 Å². The van der Waals surface area contributed by atoms with E-state index >= 15 is 0 Å². The van der Waals surface area contributed by atoms with Gasteiger partial charge in [0.05, 0.1) is 17.7 Å². The lowest BCUT2D eigenvalue weighted by Crippen LogP contribution is -2.14. The second-order valence-corrected chi connectivity index (χ2v) is 6.01. The van der Waals surface area contributed by atoms with E-state index in [2.05, 4.69) is 0 Å². The molecule has 0 heterocycles. The minimum Gasteiger partial charge on any atom is -0.462 e. The number of hydrogen-bond acceptors (Lipinski definition) is 5. The van der Waals surface area contributed by atoms with Crippen LogP contribution in [0.25, 0.3) is 0 Å². The molecule has 2 aromatic rings. The van der Waals surface area contributed by atoms with Crippen molar-refractivity contribution in [2.45, 2.75) is 40.2 Å². The Hall–Kier alpha value is -2.95. The van der Waals surface area contributed by atoms with Crippen molar-refractivity contribution in [3.05, 3.63) is 71.3 Å². The summed E-state index contributed by atoms with van der Waals surface area (Å²) in [5, 5.41) is 0. The van der Waals surface area contributed by atoms with Crippen LogP contribution in [-0.2, 0) is 20.9 Å². The molecule has 0 radical (unpaired) electrons. The van der Waals surface area contributed by atoms with Gasteiger partial charge in [-0.05, 0) is 38.0 Å². The van der Waals surface area contributed by atoms with Gasteiger partial charge in [0.1, 0.15) is 12.4 Å². The van der Waals surface area contributed by atoms with Crippen molar-refractivity contribution in [3.63, 3.8) is 0 Å². The Balaban J connectivity index is 0.000000828. The Labute approximate surface area is 160 Å². The van der Waals surface area contributed by atoms with Crippen LogP contribution in [-0.4, -0.2) is 24.3 Å². The normalized spacial score (nSPS) is 9.59. The Morgan fingerprint density at radius 1 is 0.778 bits per heavy atom. The van der Waals surface area contributed by atoms with Gasteiger partial charge in [-0.1, -0.05) is 55.8 Å². The first kappa shape index (κ1) is 22.1. The second kappa shape index (κ2) is 12.4. The summed E-state index contributed by atoms with van der Waals surface area (Å²) in [6.45, 7) is 5.59. The zero-order valence-electron chi connectivity index (χ0n) is 16.1. The first-order valence-electron chi connectivity index (χ1n) is 8.90. The summed E-state index contributed by atoms with van der Waals surface area (Å²) in [5.74, 6) is -0.859. The number of carbonyl (C=O) groups excluding carboxylic acids is 3. The fraction of sp³-hybridized carbons (Fsp3) is 0.318. The molecule has 5 nitrogen and oxygen atoms in total. The van der Waals surface area contributed by atoms with Gasteiger partial charge in [-0.2, -0.15) is 0 Å². The van der Waals surface area contributed by atoms with Crippen LogP contribution in [0, 0.1) is 0 Å². The zero-order valence-corrected chi connectivity index (χ0v) is 16.1. The van der Waals surface area contributed by atoms with Gasteiger partial charge in [-0.25, -0.2) is 9.59 Å². The molecule has 0 atom stereocenters. The molecule has 0 spiro atoms. The second-order valence-electron chi connectivity index (χ2n) is 6.01. The maximum Gasteiger partial charge on any atom is 0.339 e. The molecule has 0 unspecified atom stereocenters. The van der Waals surface area contributed by atoms with Gasteiger partial charge in [0.15, 0.2) is 0 Å².